The number of hydrogen-bond donors (Lipinski definition) is 5. The average Bonchev–Trinajstić information content (AvgIpc) is 2.94. The molecular weight excluding hydrogens is 577 g/mol. The lowest BCUT2D eigenvalue weighted by Gasteiger charge is -2.25. The van der Waals surface area contributed by atoms with Gasteiger partial charge in [0.2, 0.25) is 11.8 Å². The van der Waals surface area contributed by atoms with Crippen molar-refractivity contribution in [3.05, 3.63) is 65.2 Å². The summed E-state index contributed by atoms with van der Waals surface area (Å²) in [4.78, 5) is 62.1. The van der Waals surface area contributed by atoms with E-state index in [2.05, 4.69) is 20.7 Å². The second kappa shape index (κ2) is 16.8. The van der Waals surface area contributed by atoms with E-state index in [1.165, 1.54) is 6.07 Å². The van der Waals surface area contributed by atoms with Gasteiger partial charge in [0.05, 0.1) is 0 Å². The number of aliphatic carboxylic acids is 1. The number of aromatic carboxylic acids is 1. The van der Waals surface area contributed by atoms with Gasteiger partial charge in [0, 0.05) is 19.4 Å². The fourth-order valence-corrected chi connectivity index (χ4v) is 4.07. The van der Waals surface area contributed by atoms with Gasteiger partial charge < -0.3 is 35.6 Å². The van der Waals surface area contributed by atoms with Crippen molar-refractivity contribution in [1.29, 1.82) is 0 Å². The molecule has 0 aromatic heterocycles. The molecule has 5 N–H and O–H groups in total. The second-order valence-corrected chi connectivity index (χ2v) is 11.1. The summed E-state index contributed by atoms with van der Waals surface area (Å²) in [5.41, 5.74) is -0.371. The van der Waals surface area contributed by atoms with Gasteiger partial charge in [0.1, 0.15) is 29.0 Å². The largest absolute Gasteiger partial charge is 0.478 e. The van der Waals surface area contributed by atoms with Gasteiger partial charge in [-0.3, -0.25) is 9.59 Å². The van der Waals surface area contributed by atoms with Crippen molar-refractivity contribution in [2.75, 3.05) is 6.54 Å². The smallest absolute Gasteiger partial charge is 0.408 e. The van der Waals surface area contributed by atoms with Gasteiger partial charge >= 0.3 is 24.4 Å². The van der Waals surface area contributed by atoms with Gasteiger partial charge in [-0.25, -0.2) is 14.4 Å². The second-order valence-electron chi connectivity index (χ2n) is 11.1. The highest BCUT2D eigenvalue weighted by molar-refractivity contribution is 5.93. The summed E-state index contributed by atoms with van der Waals surface area (Å²) >= 11 is 0. The number of rotatable bonds is 16. The molecule has 0 saturated heterocycles. The Morgan fingerprint density at radius 1 is 0.864 bits per heavy atom. The van der Waals surface area contributed by atoms with Crippen molar-refractivity contribution in [2.45, 2.75) is 83.8 Å². The Hall–Kier alpha value is -4.68. The van der Waals surface area contributed by atoms with Gasteiger partial charge in [-0.1, -0.05) is 56.2 Å². The fourth-order valence-electron chi connectivity index (χ4n) is 4.07. The maximum absolute atomic E-state index is 13.6. The lowest BCUT2D eigenvalue weighted by molar-refractivity contribution is -0.153. The van der Waals surface area contributed by atoms with Crippen LogP contribution in [-0.4, -0.2) is 70.6 Å². The molecule has 12 nitrogen and oxygen atoms in total. The number of hydrogen-bond acceptors (Lipinski definition) is 7. The van der Waals surface area contributed by atoms with Crippen LogP contribution in [0.4, 0.5) is 9.18 Å². The lowest BCUT2D eigenvalue weighted by Crippen LogP contribution is -2.55. The molecule has 13 heteroatoms. The molecule has 0 saturated carbocycles. The quantitative estimate of drug-likeness (QED) is 0.176. The van der Waals surface area contributed by atoms with Gasteiger partial charge in [-0.05, 0) is 50.5 Å². The minimum absolute atomic E-state index is 0.0833. The molecule has 0 aliphatic carbocycles. The van der Waals surface area contributed by atoms with Crippen LogP contribution in [0.5, 0.6) is 5.75 Å². The predicted molar refractivity (Wildman–Crippen MR) is 158 cm³/mol. The first kappa shape index (κ1) is 35.5. The highest BCUT2D eigenvalue weighted by Crippen LogP contribution is 2.23. The Morgan fingerprint density at radius 3 is 2.09 bits per heavy atom. The summed E-state index contributed by atoms with van der Waals surface area (Å²) in [5.74, 6) is -5.21. The summed E-state index contributed by atoms with van der Waals surface area (Å²) in [6, 6.07) is 10.1. The van der Waals surface area contributed by atoms with E-state index in [0.29, 0.717) is 13.0 Å². The zero-order valence-corrected chi connectivity index (χ0v) is 25.2. The first-order valence-electron chi connectivity index (χ1n) is 14.2. The molecule has 0 bridgehead atoms. The summed E-state index contributed by atoms with van der Waals surface area (Å²) in [6.45, 7) is 7.37. The summed E-state index contributed by atoms with van der Waals surface area (Å²) in [6.07, 6.45) is -1.24. The normalized spacial score (nSPS) is 13.1. The molecule has 240 valence electrons. The van der Waals surface area contributed by atoms with E-state index in [4.69, 9.17) is 9.84 Å². The molecule has 44 heavy (non-hydrogen) atoms. The van der Waals surface area contributed by atoms with Crippen LogP contribution in [0.25, 0.3) is 0 Å². The van der Waals surface area contributed by atoms with E-state index in [1.807, 2.05) is 6.92 Å². The van der Waals surface area contributed by atoms with E-state index in [0.717, 1.165) is 30.5 Å². The molecule has 3 atom stereocenters. The maximum atomic E-state index is 13.6. The zero-order chi connectivity index (χ0) is 32.9. The fraction of sp³-hybridized carbons (Fsp3) is 0.452. The van der Waals surface area contributed by atoms with Crippen molar-refractivity contribution in [1.82, 2.24) is 16.0 Å². The first-order valence-corrected chi connectivity index (χ1v) is 14.2. The highest BCUT2D eigenvalue weighted by atomic mass is 19.1. The van der Waals surface area contributed by atoms with Crippen molar-refractivity contribution >= 4 is 29.8 Å². The molecular formula is C31H40FN3O9. The first-order chi connectivity index (χ1) is 20.7. The summed E-state index contributed by atoms with van der Waals surface area (Å²) in [7, 11) is 0. The summed E-state index contributed by atoms with van der Waals surface area (Å²) < 4.78 is 23.6. The van der Waals surface area contributed by atoms with Crippen LogP contribution >= 0.6 is 0 Å². The Kier molecular flexibility index (Phi) is 13.6. The van der Waals surface area contributed by atoms with Gasteiger partial charge in [0.15, 0.2) is 0 Å². The zero-order valence-electron chi connectivity index (χ0n) is 25.2. The SMILES string of the molecule is CCCCCNC(=O)[C@H](Cc1ccc(OC(F)C(=O)O)c(C(=O)O)c1)NC(=O)[C@H](Cc1ccccc1)NC(=O)OC(C)(C)C. The third-order valence-electron chi connectivity index (χ3n) is 6.14. The van der Waals surface area contributed by atoms with Crippen LogP contribution in [0.15, 0.2) is 48.5 Å². The number of carboxylic acids is 2. The third-order valence-corrected chi connectivity index (χ3v) is 6.14. The Bertz CT molecular complexity index is 1300. The minimum atomic E-state index is -2.79. The summed E-state index contributed by atoms with van der Waals surface area (Å²) in [5, 5.41) is 26.4. The van der Waals surface area contributed by atoms with Crippen LogP contribution in [0, 0.1) is 0 Å². The Morgan fingerprint density at radius 2 is 1.50 bits per heavy atom. The molecule has 0 radical (unpaired) electrons. The van der Waals surface area contributed by atoms with Crippen molar-refractivity contribution in [3.8, 4) is 5.75 Å². The molecule has 2 aromatic carbocycles. The predicted octanol–water partition coefficient (Wildman–Crippen LogP) is 3.61. The van der Waals surface area contributed by atoms with Crippen LogP contribution in [-0.2, 0) is 32.0 Å². The number of nitrogens with one attached hydrogen (secondary N) is 3. The van der Waals surface area contributed by atoms with Crippen molar-refractivity contribution < 1.29 is 48.0 Å². The Balaban J connectivity index is 2.36. The number of carboxylic acid groups (broad SMARTS) is 2. The van der Waals surface area contributed by atoms with E-state index in [1.54, 1.807) is 51.1 Å². The van der Waals surface area contributed by atoms with E-state index in [9.17, 15) is 33.5 Å². The molecule has 0 heterocycles. The van der Waals surface area contributed by atoms with Crippen molar-refractivity contribution in [3.63, 3.8) is 0 Å². The van der Waals surface area contributed by atoms with Gasteiger partial charge in [-0.15, -0.1) is 0 Å². The van der Waals surface area contributed by atoms with Crippen molar-refractivity contribution in [2.24, 2.45) is 0 Å². The maximum Gasteiger partial charge on any atom is 0.408 e. The van der Waals surface area contributed by atoms with E-state index in [-0.39, 0.29) is 18.4 Å². The van der Waals surface area contributed by atoms with E-state index >= 15 is 0 Å². The highest BCUT2D eigenvalue weighted by Gasteiger charge is 2.29. The molecule has 0 aliphatic rings. The third kappa shape index (κ3) is 12.3. The van der Waals surface area contributed by atoms with E-state index < -0.39 is 65.2 Å². The molecule has 1 unspecified atom stereocenters. The lowest BCUT2D eigenvalue weighted by atomic mass is 10.0. The molecule has 3 amide bonds. The molecule has 0 aliphatic heterocycles. The standard InChI is InChI=1S/C31H40FN3O9/c1-5-6-10-15-33-26(36)22(18-20-13-14-24(21(16-20)28(38)39)43-25(32)29(40)41)34-27(37)23(17-19-11-8-7-9-12-19)35-30(42)44-31(2,3)4/h7-9,11-14,16,22-23,25H,5-6,10,15,17-18H2,1-4H3,(H,33,36)(H,34,37)(H,35,42)(H,38,39)(H,40,41)/t22-,23-,25?/m0/s1. The topological polar surface area (TPSA) is 180 Å². The number of carbonyl (C=O) groups excluding carboxylic acids is 3. The van der Waals surface area contributed by atoms with Crippen LogP contribution < -0.4 is 20.7 Å². The molecule has 2 rings (SSSR count). The van der Waals surface area contributed by atoms with Crippen LogP contribution in [0.2, 0.25) is 0 Å². The number of unbranched alkanes of at least 4 members (excludes halogenated alkanes) is 2. The number of benzene rings is 2. The molecule has 0 spiro atoms. The number of alkyl carbamates (subject to hydrolysis) is 1. The number of halogens is 1. The number of carbonyl (C=O) groups is 5. The molecule has 0 fully saturated rings. The number of alkyl halides is 1. The van der Waals surface area contributed by atoms with Crippen LogP contribution in [0.3, 0.4) is 0 Å². The van der Waals surface area contributed by atoms with Gasteiger partial charge in [-0.2, -0.15) is 4.39 Å². The number of ether oxygens (including phenoxy) is 2. The minimum Gasteiger partial charge on any atom is -0.478 e. The Labute approximate surface area is 255 Å². The molecule has 2 aromatic rings. The van der Waals surface area contributed by atoms with Crippen LogP contribution in [0.1, 0.15) is 68.4 Å². The monoisotopic (exact) mass is 617 g/mol. The number of amides is 3. The average molecular weight is 618 g/mol. The van der Waals surface area contributed by atoms with Gasteiger partial charge in [0.25, 0.3) is 0 Å².